The smallest absolute Gasteiger partial charge is 0.308 e. The Morgan fingerprint density at radius 3 is 2.64 bits per heavy atom. The lowest BCUT2D eigenvalue weighted by Crippen LogP contribution is -2.48. The van der Waals surface area contributed by atoms with Gasteiger partial charge >= 0.3 is 5.97 Å². The molecule has 1 atom stereocenters. The molecule has 142 valence electrons. The number of aliphatic imine (C=N–C) groups is 1. The van der Waals surface area contributed by atoms with E-state index in [1.54, 1.807) is 13.3 Å². The number of piperidine rings is 1. The minimum atomic E-state index is -0.108. The fraction of sp³-hybridized carbons (Fsp3) is 0.647. The van der Waals surface area contributed by atoms with Crippen molar-refractivity contribution in [1.82, 2.24) is 15.1 Å². The van der Waals surface area contributed by atoms with Crippen LogP contribution in [0.2, 0.25) is 0 Å². The minimum Gasteiger partial charge on any atom is -0.469 e. The summed E-state index contributed by atoms with van der Waals surface area (Å²) in [6.45, 7) is 2.30. The first-order chi connectivity index (χ1) is 11.6. The fourth-order valence-corrected chi connectivity index (χ4v) is 3.03. The minimum absolute atomic E-state index is 0. The zero-order valence-electron chi connectivity index (χ0n) is 15.4. The number of methoxy groups -OCH3 is 1. The van der Waals surface area contributed by atoms with E-state index >= 15 is 0 Å². The van der Waals surface area contributed by atoms with E-state index in [9.17, 15) is 4.79 Å². The lowest BCUT2D eigenvalue weighted by molar-refractivity contribution is -0.146. The summed E-state index contributed by atoms with van der Waals surface area (Å²) >= 11 is 0. The maximum atomic E-state index is 11.6. The highest BCUT2D eigenvalue weighted by Gasteiger charge is 2.27. The van der Waals surface area contributed by atoms with Gasteiger partial charge in [0.1, 0.15) is 5.76 Å². The van der Waals surface area contributed by atoms with Crippen molar-refractivity contribution in [3.8, 4) is 0 Å². The molecule has 1 aliphatic heterocycles. The molecular weight excluding hydrogens is 435 g/mol. The zero-order chi connectivity index (χ0) is 17.5. The van der Waals surface area contributed by atoms with E-state index in [1.807, 2.05) is 26.2 Å². The number of furan rings is 1. The normalized spacial score (nSPS) is 17.2. The summed E-state index contributed by atoms with van der Waals surface area (Å²) in [6, 6.07) is 4.01. The highest BCUT2D eigenvalue weighted by Crippen LogP contribution is 2.20. The maximum absolute atomic E-state index is 11.6. The van der Waals surface area contributed by atoms with Gasteiger partial charge in [-0.3, -0.25) is 14.7 Å². The highest BCUT2D eigenvalue weighted by molar-refractivity contribution is 14.0. The van der Waals surface area contributed by atoms with Crippen molar-refractivity contribution in [3.05, 3.63) is 24.2 Å². The summed E-state index contributed by atoms with van der Waals surface area (Å²) < 4.78 is 10.4. The second-order valence-corrected chi connectivity index (χ2v) is 6.21. The van der Waals surface area contributed by atoms with Gasteiger partial charge in [-0.2, -0.15) is 0 Å². The van der Waals surface area contributed by atoms with E-state index in [0.717, 1.165) is 37.7 Å². The molecule has 2 rings (SSSR count). The molecule has 1 fully saturated rings. The van der Waals surface area contributed by atoms with Crippen LogP contribution in [0, 0.1) is 5.92 Å². The molecule has 25 heavy (non-hydrogen) atoms. The average Bonchev–Trinajstić information content (AvgIpc) is 3.12. The molecule has 8 heteroatoms. The van der Waals surface area contributed by atoms with E-state index in [0.29, 0.717) is 6.54 Å². The average molecular weight is 464 g/mol. The number of nitrogens with one attached hydrogen (secondary N) is 1. The molecular formula is C17H29IN4O3. The van der Waals surface area contributed by atoms with Gasteiger partial charge in [-0.25, -0.2) is 0 Å². The molecule has 0 radical (unpaired) electrons. The van der Waals surface area contributed by atoms with Crippen molar-refractivity contribution in [2.45, 2.75) is 18.9 Å². The monoisotopic (exact) mass is 464 g/mol. The van der Waals surface area contributed by atoms with Gasteiger partial charge in [-0.1, -0.05) is 0 Å². The highest BCUT2D eigenvalue weighted by atomic mass is 127. The number of likely N-dealkylation sites (tertiary alicyclic amines) is 1. The Morgan fingerprint density at radius 2 is 2.16 bits per heavy atom. The summed E-state index contributed by atoms with van der Waals surface area (Å²) in [5.74, 6) is 1.68. The molecule has 0 bridgehead atoms. The number of rotatable bonds is 5. The molecule has 0 spiro atoms. The number of esters is 1. The molecule has 1 aromatic rings. The number of hydrogen-bond acceptors (Lipinski definition) is 5. The Balaban J connectivity index is 0.00000312. The summed E-state index contributed by atoms with van der Waals surface area (Å²) in [5.41, 5.74) is 0. The number of carbonyl (C=O) groups is 1. The van der Waals surface area contributed by atoms with Crippen molar-refractivity contribution in [3.63, 3.8) is 0 Å². The van der Waals surface area contributed by atoms with Crippen LogP contribution >= 0.6 is 24.0 Å². The van der Waals surface area contributed by atoms with Crippen LogP contribution in [0.3, 0.4) is 0 Å². The van der Waals surface area contributed by atoms with E-state index in [2.05, 4.69) is 20.1 Å². The summed E-state index contributed by atoms with van der Waals surface area (Å²) in [7, 11) is 7.29. The zero-order valence-corrected chi connectivity index (χ0v) is 17.7. The van der Waals surface area contributed by atoms with Crippen LogP contribution in [0.4, 0.5) is 0 Å². The van der Waals surface area contributed by atoms with Gasteiger partial charge in [0.2, 0.25) is 0 Å². The van der Waals surface area contributed by atoms with Gasteiger partial charge in [0, 0.05) is 26.7 Å². The lowest BCUT2D eigenvalue weighted by Gasteiger charge is -2.34. The first-order valence-corrected chi connectivity index (χ1v) is 8.30. The van der Waals surface area contributed by atoms with E-state index < -0.39 is 0 Å². The Hall–Kier alpha value is -1.29. The third kappa shape index (κ3) is 5.88. The molecule has 0 amide bonds. The standard InChI is InChI=1S/C17H28N4O3.HI/c1-18-17(21-9-7-13(8-10-21)16(22)23-4)19-12-14(20(2)3)15-6-5-11-24-15;/h5-6,11,13-14H,7-10,12H2,1-4H3,(H,18,19);1H. The SMILES string of the molecule is CN=C(NCC(c1ccco1)N(C)C)N1CCC(C(=O)OC)CC1.I. The van der Waals surface area contributed by atoms with Crippen molar-refractivity contribution in [2.75, 3.05) is 47.9 Å². The summed E-state index contributed by atoms with van der Waals surface area (Å²) in [4.78, 5) is 20.3. The molecule has 1 unspecified atom stereocenters. The molecule has 0 saturated carbocycles. The van der Waals surface area contributed by atoms with Crippen LogP contribution in [0.5, 0.6) is 0 Å². The largest absolute Gasteiger partial charge is 0.469 e. The number of guanidine groups is 1. The van der Waals surface area contributed by atoms with Gasteiger partial charge in [0.25, 0.3) is 0 Å². The second-order valence-electron chi connectivity index (χ2n) is 6.21. The van der Waals surface area contributed by atoms with E-state index in [-0.39, 0.29) is 41.9 Å². The van der Waals surface area contributed by atoms with Gasteiger partial charge < -0.3 is 19.4 Å². The summed E-state index contributed by atoms with van der Waals surface area (Å²) in [5, 5.41) is 3.42. The molecule has 1 aromatic heterocycles. The van der Waals surface area contributed by atoms with Crippen LogP contribution in [0.15, 0.2) is 27.8 Å². The van der Waals surface area contributed by atoms with Crippen molar-refractivity contribution >= 4 is 35.9 Å². The molecule has 0 aliphatic carbocycles. The maximum Gasteiger partial charge on any atom is 0.308 e. The van der Waals surface area contributed by atoms with Gasteiger partial charge in [-0.15, -0.1) is 24.0 Å². The topological polar surface area (TPSA) is 70.3 Å². The third-order valence-electron chi connectivity index (χ3n) is 4.49. The van der Waals surface area contributed by atoms with Crippen LogP contribution < -0.4 is 5.32 Å². The fourth-order valence-electron chi connectivity index (χ4n) is 3.03. The number of likely N-dealkylation sites (N-methyl/N-ethyl adjacent to an activating group) is 1. The second kappa shape index (κ2) is 10.6. The van der Waals surface area contributed by atoms with Gasteiger partial charge in [0.15, 0.2) is 5.96 Å². The van der Waals surface area contributed by atoms with Crippen LogP contribution in [-0.2, 0) is 9.53 Å². The van der Waals surface area contributed by atoms with Crippen molar-refractivity contribution in [2.24, 2.45) is 10.9 Å². The molecule has 7 nitrogen and oxygen atoms in total. The molecule has 2 heterocycles. The number of hydrogen-bond donors (Lipinski definition) is 1. The van der Waals surface area contributed by atoms with E-state index in [4.69, 9.17) is 9.15 Å². The first kappa shape index (κ1) is 21.8. The van der Waals surface area contributed by atoms with Gasteiger partial charge in [0.05, 0.1) is 25.3 Å². The molecule has 1 N–H and O–H groups in total. The molecule has 1 aliphatic rings. The summed E-state index contributed by atoms with van der Waals surface area (Å²) in [6.07, 6.45) is 3.28. The quantitative estimate of drug-likeness (QED) is 0.311. The van der Waals surface area contributed by atoms with Crippen molar-refractivity contribution in [1.29, 1.82) is 0 Å². The van der Waals surface area contributed by atoms with Crippen LogP contribution in [-0.4, -0.2) is 69.6 Å². The number of halogens is 1. The number of nitrogens with zero attached hydrogens (tertiary/aromatic N) is 3. The third-order valence-corrected chi connectivity index (χ3v) is 4.49. The lowest BCUT2D eigenvalue weighted by atomic mass is 9.97. The number of ether oxygens (including phenoxy) is 1. The number of carbonyl (C=O) groups excluding carboxylic acids is 1. The van der Waals surface area contributed by atoms with Gasteiger partial charge in [-0.05, 0) is 39.1 Å². The van der Waals surface area contributed by atoms with Crippen LogP contribution in [0.1, 0.15) is 24.6 Å². The molecule has 1 saturated heterocycles. The molecule has 0 aromatic carbocycles. The Morgan fingerprint density at radius 1 is 1.48 bits per heavy atom. The first-order valence-electron chi connectivity index (χ1n) is 8.30. The Bertz CT molecular complexity index is 540. The predicted molar refractivity (Wildman–Crippen MR) is 108 cm³/mol. The Labute approximate surface area is 166 Å². The predicted octanol–water partition coefficient (Wildman–Crippen LogP) is 1.96. The van der Waals surface area contributed by atoms with E-state index in [1.165, 1.54) is 7.11 Å². The van der Waals surface area contributed by atoms with Crippen molar-refractivity contribution < 1.29 is 13.9 Å². The van der Waals surface area contributed by atoms with Crippen LogP contribution in [0.25, 0.3) is 0 Å². The Kier molecular flexibility index (Phi) is 9.26.